The third-order valence-corrected chi connectivity index (χ3v) is 3.39. The van der Waals surface area contributed by atoms with Crippen molar-refractivity contribution in [3.8, 4) is 0 Å². The van der Waals surface area contributed by atoms with Crippen molar-refractivity contribution in [2.24, 2.45) is 5.92 Å². The summed E-state index contributed by atoms with van der Waals surface area (Å²) in [6.07, 6.45) is 6.71. The molecule has 0 aliphatic carbocycles. The number of thiocarbonyl (C=S) groups is 1. The van der Waals surface area contributed by atoms with Gasteiger partial charge >= 0.3 is 0 Å². The summed E-state index contributed by atoms with van der Waals surface area (Å²) in [6.45, 7) is 6.07. The van der Waals surface area contributed by atoms with E-state index < -0.39 is 0 Å². The van der Waals surface area contributed by atoms with Gasteiger partial charge in [0.1, 0.15) is 5.76 Å². The molecule has 0 aliphatic heterocycles. The minimum Gasteiger partial charge on any atom is -0.467 e. The van der Waals surface area contributed by atoms with E-state index in [0.717, 1.165) is 12.3 Å². The van der Waals surface area contributed by atoms with Crippen LogP contribution in [-0.4, -0.2) is 11.7 Å². The van der Waals surface area contributed by atoms with E-state index in [4.69, 9.17) is 16.6 Å². The Balaban J connectivity index is 2.15. The fourth-order valence-electron chi connectivity index (χ4n) is 1.82. The van der Waals surface area contributed by atoms with Crippen LogP contribution in [0.25, 0.3) is 0 Å². The zero-order valence-electron chi connectivity index (χ0n) is 11.4. The molecule has 0 aromatic carbocycles. The minimum atomic E-state index is 0.643. The van der Waals surface area contributed by atoms with Crippen LogP contribution < -0.4 is 10.6 Å². The van der Waals surface area contributed by atoms with Crippen LogP contribution in [-0.2, 0) is 6.54 Å². The van der Waals surface area contributed by atoms with E-state index in [1.165, 1.54) is 25.7 Å². The van der Waals surface area contributed by atoms with E-state index in [1.807, 2.05) is 12.1 Å². The van der Waals surface area contributed by atoms with Crippen molar-refractivity contribution in [3.05, 3.63) is 24.2 Å². The van der Waals surface area contributed by atoms with Crippen LogP contribution in [0.3, 0.4) is 0 Å². The van der Waals surface area contributed by atoms with Crippen LogP contribution in [0.2, 0.25) is 0 Å². The summed E-state index contributed by atoms with van der Waals surface area (Å²) < 4.78 is 5.23. The standard InChI is InChI=1S/C14H24N2OS/c1-3-5-7-12(4-2)10-15-14(18)16-11-13-8-6-9-17-13/h6,8-9,12H,3-5,7,10-11H2,1-2H3,(H2,15,16,18). The van der Waals surface area contributed by atoms with Crippen molar-refractivity contribution in [2.75, 3.05) is 6.54 Å². The van der Waals surface area contributed by atoms with Gasteiger partial charge in [-0.3, -0.25) is 0 Å². The summed E-state index contributed by atoms with van der Waals surface area (Å²) in [5.74, 6) is 1.62. The Morgan fingerprint density at radius 3 is 2.83 bits per heavy atom. The van der Waals surface area contributed by atoms with Crippen LogP contribution in [0.15, 0.2) is 22.8 Å². The van der Waals surface area contributed by atoms with Crippen molar-refractivity contribution in [3.63, 3.8) is 0 Å². The second kappa shape index (κ2) is 8.97. The molecule has 1 rings (SSSR count). The van der Waals surface area contributed by atoms with E-state index in [-0.39, 0.29) is 0 Å². The molecule has 0 saturated heterocycles. The Bertz CT molecular complexity index is 325. The summed E-state index contributed by atoms with van der Waals surface area (Å²) >= 11 is 5.24. The van der Waals surface area contributed by atoms with E-state index in [9.17, 15) is 0 Å². The van der Waals surface area contributed by atoms with Crippen molar-refractivity contribution in [1.29, 1.82) is 0 Å². The molecule has 2 N–H and O–H groups in total. The fourth-order valence-corrected chi connectivity index (χ4v) is 1.98. The molecule has 1 aromatic rings. The molecule has 102 valence electrons. The molecule has 3 nitrogen and oxygen atoms in total. The molecular formula is C14H24N2OS. The zero-order valence-corrected chi connectivity index (χ0v) is 12.2. The summed E-state index contributed by atoms with van der Waals surface area (Å²) in [7, 11) is 0. The first-order chi connectivity index (χ1) is 8.76. The Hall–Kier alpha value is -1.03. The number of unbranched alkanes of at least 4 members (excludes halogenated alkanes) is 1. The summed E-state index contributed by atoms with van der Waals surface area (Å²) in [6, 6.07) is 3.82. The van der Waals surface area contributed by atoms with Crippen molar-refractivity contribution >= 4 is 17.3 Å². The first-order valence-electron chi connectivity index (χ1n) is 6.80. The van der Waals surface area contributed by atoms with Gasteiger partial charge in [-0.15, -0.1) is 0 Å². The number of hydrogen-bond acceptors (Lipinski definition) is 2. The SMILES string of the molecule is CCCCC(CC)CNC(=S)NCc1ccco1. The van der Waals surface area contributed by atoms with Crippen molar-refractivity contribution in [2.45, 2.75) is 46.1 Å². The molecule has 0 bridgehead atoms. The van der Waals surface area contributed by atoms with Gasteiger partial charge in [-0.05, 0) is 36.7 Å². The molecule has 0 radical (unpaired) electrons. The van der Waals surface area contributed by atoms with E-state index in [2.05, 4.69) is 24.5 Å². The predicted octanol–water partition coefficient (Wildman–Crippen LogP) is 3.46. The lowest BCUT2D eigenvalue weighted by Gasteiger charge is -2.17. The van der Waals surface area contributed by atoms with Crippen LogP contribution in [0.1, 0.15) is 45.3 Å². The highest BCUT2D eigenvalue weighted by molar-refractivity contribution is 7.80. The third kappa shape index (κ3) is 6.05. The highest BCUT2D eigenvalue weighted by Crippen LogP contribution is 2.11. The maximum Gasteiger partial charge on any atom is 0.166 e. The van der Waals surface area contributed by atoms with Crippen molar-refractivity contribution < 1.29 is 4.42 Å². The molecule has 1 unspecified atom stereocenters. The highest BCUT2D eigenvalue weighted by atomic mass is 32.1. The Morgan fingerprint density at radius 2 is 2.22 bits per heavy atom. The largest absolute Gasteiger partial charge is 0.467 e. The number of rotatable bonds is 8. The number of hydrogen-bond donors (Lipinski definition) is 2. The topological polar surface area (TPSA) is 37.2 Å². The Morgan fingerprint density at radius 1 is 1.39 bits per heavy atom. The minimum absolute atomic E-state index is 0.643. The first-order valence-corrected chi connectivity index (χ1v) is 7.21. The lowest BCUT2D eigenvalue weighted by atomic mass is 9.99. The van der Waals surface area contributed by atoms with Gasteiger partial charge in [0.15, 0.2) is 5.11 Å². The molecule has 1 atom stereocenters. The first kappa shape index (κ1) is 15.0. The maximum atomic E-state index is 5.24. The number of furan rings is 1. The zero-order chi connectivity index (χ0) is 13.2. The third-order valence-electron chi connectivity index (χ3n) is 3.10. The average Bonchev–Trinajstić information content (AvgIpc) is 2.89. The van der Waals surface area contributed by atoms with Crippen LogP contribution in [0.4, 0.5) is 0 Å². The van der Waals surface area contributed by atoms with Gasteiger partial charge in [0.25, 0.3) is 0 Å². The van der Waals surface area contributed by atoms with Crippen molar-refractivity contribution in [1.82, 2.24) is 10.6 Å². The van der Waals surface area contributed by atoms with Gasteiger partial charge in [-0.1, -0.05) is 33.1 Å². The van der Waals surface area contributed by atoms with Gasteiger partial charge in [0.05, 0.1) is 12.8 Å². The molecule has 1 aromatic heterocycles. The summed E-state index contributed by atoms with van der Waals surface area (Å²) in [5.41, 5.74) is 0. The average molecular weight is 268 g/mol. The smallest absolute Gasteiger partial charge is 0.166 e. The fraction of sp³-hybridized carbons (Fsp3) is 0.643. The molecule has 1 heterocycles. The molecule has 18 heavy (non-hydrogen) atoms. The molecular weight excluding hydrogens is 244 g/mol. The Labute approximate surface area is 115 Å². The molecule has 0 amide bonds. The molecule has 0 aliphatic rings. The quantitative estimate of drug-likeness (QED) is 0.708. The molecule has 0 saturated carbocycles. The maximum absolute atomic E-state index is 5.24. The normalized spacial score (nSPS) is 12.1. The summed E-state index contributed by atoms with van der Waals surface area (Å²) in [4.78, 5) is 0. The Kier molecular flexibility index (Phi) is 7.49. The molecule has 0 spiro atoms. The van der Waals surface area contributed by atoms with Crippen LogP contribution in [0.5, 0.6) is 0 Å². The van der Waals surface area contributed by atoms with E-state index in [1.54, 1.807) is 6.26 Å². The van der Waals surface area contributed by atoms with Crippen LogP contribution in [0, 0.1) is 5.92 Å². The lowest BCUT2D eigenvalue weighted by Crippen LogP contribution is -2.37. The van der Waals surface area contributed by atoms with Gasteiger partial charge in [0.2, 0.25) is 0 Å². The van der Waals surface area contributed by atoms with Gasteiger partial charge in [-0.25, -0.2) is 0 Å². The van der Waals surface area contributed by atoms with Crippen LogP contribution >= 0.6 is 12.2 Å². The van der Waals surface area contributed by atoms with Gasteiger partial charge < -0.3 is 15.1 Å². The monoisotopic (exact) mass is 268 g/mol. The number of nitrogens with one attached hydrogen (secondary N) is 2. The summed E-state index contributed by atoms with van der Waals surface area (Å²) in [5, 5.41) is 7.14. The second-order valence-electron chi connectivity index (χ2n) is 4.56. The lowest BCUT2D eigenvalue weighted by molar-refractivity contribution is 0.444. The van der Waals surface area contributed by atoms with Gasteiger partial charge in [0, 0.05) is 6.54 Å². The second-order valence-corrected chi connectivity index (χ2v) is 4.97. The van der Waals surface area contributed by atoms with E-state index in [0.29, 0.717) is 17.6 Å². The van der Waals surface area contributed by atoms with Gasteiger partial charge in [-0.2, -0.15) is 0 Å². The highest BCUT2D eigenvalue weighted by Gasteiger charge is 2.06. The molecule has 0 fully saturated rings. The predicted molar refractivity (Wildman–Crippen MR) is 79.5 cm³/mol. The molecule has 4 heteroatoms. The van der Waals surface area contributed by atoms with E-state index >= 15 is 0 Å².